The highest BCUT2D eigenvalue weighted by molar-refractivity contribution is 5.73. The Bertz CT molecular complexity index is 1010. The first-order chi connectivity index (χ1) is 12.2. The monoisotopic (exact) mass is 335 g/mol. The molecule has 0 aliphatic heterocycles. The molecule has 2 fully saturated rings. The molecule has 0 spiro atoms. The first-order valence-electron chi connectivity index (χ1n) is 8.84. The second kappa shape index (κ2) is 5.48. The van der Waals surface area contributed by atoms with Gasteiger partial charge in [-0.1, -0.05) is 6.42 Å². The van der Waals surface area contributed by atoms with Crippen LogP contribution in [0.25, 0.3) is 16.7 Å². The van der Waals surface area contributed by atoms with E-state index in [0.717, 1.165) is 18.2 Å². The van der Waals surface area contributed by atoms with Crippen LogP contribution < -0.4 is 5.56 Å². The summed E-state index contributed by atoms with van der Waals surface area (Å²) in [6.07, 6.45) is 6.42. The summed E-state index contributed by atoms with van der Waals surface area (Å²) in [6, 6.07) is 9.70. The molecule has 2 heterocycles. The fourth-order valence-electron chi connectivity index (χ4n) is 4.68. The molecular formula is C20H18FN3O. The summed E-state index contributed by atoms with van der Waals surface area (Å²) in [4.78, 5) is 22.2. The number of fused-ring (bicyclic) bond motifs is 3. The van der Waals surface area contributed by atoms with Gasteiger partial charge in [0.1, 0.15) is 11.6 Å². The van der Waals surface area contributed by atoms with Crippen LogP contribution in [0.5, 0.6) is 0 Å². The topological polar surface area (TPSA) is 47.8 Å². The molecule has 5 heteroatoms. The van der Waals surface area contributed by atoms with Crippen LogP contribution in [0.15, 0.2) is 47.4 Å². The van der Waals surface area contributed by atoms with Gasteiger partial charge in [-0.25, -0.2) is 14.4 Å². The van der Waals surface area contributed by atoms with E-state index in [1.807, 2.05) is 12.1 Å². The van der Waals surface area contributed by atoms with Crippen molar-refractivity contribution in [3.63, 3.8) is 0 Å². The van der Waals surface area contributed by atoms with Gasteiger partial charge in [-0.15, -0.1) is 0 Å². The summed E-state index contributed by atoms with van der Waals surface area (Å²) in [7, 11) is 0. The maximum Gasteiger partial charge on any atom is 0.284 e. The molecule has 0 radical (unpaired) electrons. The number of halogens is 1. The van der Waals surface area contributed by atoms with Crippen molar-refractivity contribution in [1.29, 1.82) is 0 Å². The minimum absolute atomic E-state index is 0.171. The Balaban J connectivity index is 1.78. The van der Waals surface area contributed by atoms with Crippen LogP contribution in [0.3, 0.4) is 0 Å². The van der Waals surface area contributed by atoms with Crippen LogP contribution >= 0.6 is 0 Å². The standard InChI is InChI=1S/C20H18FN3O/c21-14-5-7-15(8-6-14)24-19(16-11-12-3-4-13(16)10-12)23-17-2-1-9-22-18(17)20(24)25/h1-2,5-9,12-13,16H,3-4,10-11H2. The van der Waals surface area contributed by atoms with Crippen molar-refractivity contribution in [2.24, 2.45) is 11.8 Å². The van der Waals surface area contributed by atoms with Crippen molar-refractivity contribution in [1.82, 2.24) is 14.5 Å². The van der Waals surface area contributed by atoms with Gasteiger partial charge in [-0.2, -0.15) is 0 Å². The highest BCUT2D eigenvalue weighted by Crippen LogP contribution is 2.52. The maximum absolute atomic E-state index is 13.4. The van der Waals surface area contributed by atoms with Crippen molar-refractivity contribution in [3.8, 4) is 5.69 Å². The lowest BCUT2D eigenvalue weighted by Gasteiger charge is -2.24. The minimum atomic E-state index is -0.315. The van der Waals surface area contributed by atoms with Gasteiger partial charge < -0.3 is 0 Å². The van der Waals surface area contributed by atoms with Crippen LogP contribution in [0.4, 0.5) is 4.39 Å². The second-order valence-corrected chi connectivity index (χ2v) is 7.24. The fourth-order valence-corrected chi connectivity index (χ4v) is 4.68. The largest absolute Gasteiger partial charge is 0.284 e. The van der Waals surface area contributed by atoms with E-state index in [2.05, 4.69) is 4.98 Å². The van der Waals surface area contributed by atoms with Crippen molar-refractivity contribution >= 4 is 11.0 Å². The van der Waals surface area contributed by atoms with E-state index < -0.39 is 0 Å². The van der Waals surface area contributed by atoms with E-state index in [0.29, 0.717) is 28.6 Å². The van der Waals surface area contributed by atoms with Gasteiger partial charge in [0.15, 0.2) is 5.52 Å². The number of pyridine rings is 1. The van der Waals surface area contributed by atoms with E-state index in [4.69, 9.17) is 4.98 Å². The van der Waals surface area contributed by atoms with Gasteiger partial charge >= 0.3 is 0 Å². The van der Waals surface area contributed by atoms with Gasteiger partial charge in [-0.3, -0.25) is 9.36 Å². The Hall–Kier alpha value is -2.56. The van der Waals surface area contributed by atoms with Gasteiger partial charge in [-0.05, 0) is 67.5 Å². The second-order valence-electron chi connectivity index (χ2n) is 7.24. The van der Waals surface area contributed by atoms with E-state index in [1.165, 1.54) is 31.4 Å². The molecule has 1 aromatic carbocycles. The van der Waals surface area contributed by atoms with E-state index in [9.17, 15) is 9.18 Å². The summed E-state index contributed by atoms with van der Waals surface area (Å²) >= 11 is 0. The lowest BCUT2D eigenvalue weighted by molar-refractivity contribution is 0.399. The first kappa shape index (κ1) is 14.8. The Labute approximate surface area is 144 Å². The molecule has 4 nitrogen and oxygen atoms in total. The maximum atomic E-state index is 13.4. The number of hydrogen-bond donors (Lipinski definition) is 0. The lowest BCUT2D eigenvalue weighted by Crippen LogP contribution is -2.28. The average Bonchev–Trinajstić information content (AvgIpc) is 3.26. The molecule has 126 valence electrons. The van der Waals surface area contributed by atoms with E-state index in [-0.39, 0.29) is 11.4 Å². The van der Waals surface area contributed by atoms with Crippen LogP contribution in [0.1, 0.15) is 37.4 Å². The highest BCUT2D eigenvalue weighted by Gasteiger charge is 2.42. The van der Waals surface area contributed by atoms with Crippen molar-refractivity contribution in [2.75, 3.05) is 0 Å². The van der Waals surface area contributed by atoms with Crippen molar-refractivity contribution < 1.29 is 4.39 Å². The van der Waals surface area contributed by atoms with Crippen LogP contribution in [-0.4, -0.2) is 14.5 Å². The fraction of sp³-hybridized carbons (Fsp3) is 0.350. The normalized spacial score (nSPS) is 24.9. The van der Waals surface area contributed by atoms with Crippen LogP contribution in [0.2, 0.25) is 0 Å². The molecule has 25 heavy (non-hydrogen) atoms. The average molecular weight is 335 g/mol. The zero-order valence-electron chi connectivity index (χ0n) is 13.7. The van der Waals surface area contributed by atoms with Crippen LogP contribution in [-0.2, 0) is 0 Å². The third-order valence-electron chi connectivity index (χ3n) is 5.81. The van der Waals surface area contributed by atoms with Crippen molar-refractivity contribution in [3.05, 3.63) is 64.6 Å². The molecule has 2 bridgehead atoms. The number of aromatic nitrogens is 3. The molecular weight excluding hydrogens is 317 g/mol. The summed E-state index contributed by atoms with van der Waals surface area (Å²) in [5.41, 5.74) is 1.49. The number of hydrogen-bond acceptors (Lipinski definition) is 3. The molecule has 0 saturated heterocycles. The SMILES string of the molecule is O=c1c2ncccc2nc(C2CC3CCC2C3)n1-c1ccc(F)cc1. The first-order valence-corrected chi connectivity index (χ1v) is 8.84. The Morgan fingerprint density at radius 2 is 1.92 bits per heavy atom. The molecule has 2 saturated carbocycles. The molecule has 2 aliphatic carbocycles. The predicted molar refractivity (Wildman–Crippen MR) is 93.3 cm³/mol. The molecule has 0 N–H and O–H groups in total. The molecule has 3 aromatic rings. The van der Waals surface area contributed by atoms with Crippen molar-refractivity contribution in [2.45, 2.75) is 31.6 Å². The summed E-state index contributed by atoms with van der Waals surface area (Å²) in [5.74, 6) is 2.13. The molecule has 3 unspecified atom stereocenters. The summed E-state index contributed by atoms with van der Waals surface area (Å²) in [5, 5.41) is 0. The van der Waals surface area contributed by atoms with Gasteiger partial charge in [0.05, 0.1) is 11.2 Å². The third-order valence-corrected chi connectivity index (χ3v) is 5.81. The van der Waals surface area contributed by atoms with Crippen LogP contribution in [0, 0.1) is 17.7 Å². The minimum Gasteiger partial charge on any atom is -0.266 e. The number of rotatable bonds is 2. The smallest absolute Gasteiger partial charge is 0.266 e. The molecule has 0 amide bonds. The molecule has 2 aliphatic rings. The highest BCUT2D eigenvalue weighted by atomic mass is 19.1. The lowest BCUT2D eigenvalue weighted by atomic mass is 9.88. The van der Waals surface area contributed by atoms with E-state index in [1.54, 1.807) is 22.9 Å². The molecule has 5 rings (SSSR count). The van der Waals surface area contributed by atoms with Gasteiger partial charge in [0.25, 0.3) is 5.56 Å². The predicted octanol–water partition coefficient (Wildman–Crippen LogP) is 3.82. The molecule has 2 aromatic heterocycles. The quantitative estimate of drug-likeness (QED) is 0.715. The number of nitrogens with zero attached hydrogens (tertiary/aromatic N) is 3. The zero-order valence-corrected chi connectivity index (χ0v) is 13.7. The van der Waals surface area contributed by atoms with Gasteiger partial charge in [0.2, 0.25) is 0 Å². The summed E-state index contributed by atoms with van der Waals surface area (Å²) < 4.78 is 15.0. The summed E-state index contributed by atoms with van der Waals surface area (Å²) in [6.45, 7) is 0. The Morgan fingerprint density at radius 3 is 2.64 bits per heavy atom. The van der Waals surface area contributed by atoms with Gasteiger partial charge in [0, 0.05) is 12.1 Å². The Kier molecular flexibility index (Phi) is 3.23. The third kappa shape index (κ3) is 2.29. The molecule has 3 atom stereocenters. The number of benzene rings is 1. The Morgan fingerprint density at radius 1 is 1.08 bits per heavy atom. The van der Waals surface area contributed by atoms with E-state index >= 15 is 0 Å². The zero-order chi connectivity index (χ0) is 17.0.